The van der Waals surface area contributed by atoms with Gasteiger partial charge in [-0.3, -0.25) is 0 Å². The molecule has 1 aromatic heterocycles. The molecule has 0 bridgehead atoms. The molecule has 0 spiro atoms. The van der Waals surface area contributed by atoms with E-state index in [0.717, 1.165) is 17.7 Å². The summed E-state index contributed by atoms with van der Waals surface area (Å²) in [5.41, 5.74) is 0. The van der Waals surface area contributed by atoms with E-state index < -0.39 is 10.0 Å². The van der Waals surface area contributed by atoms with E-state index in [0.29, 0.717) is 27.7 Å². The molecule has 20 heavy (non-hydrogen) atoms. The zero-order valence-corrected chi connectivity index (χ0v) is 15.2. The van der Waals surface area contributed by atoms with E-state index in [1.807, 2.05) is 20.9 Å². The monoisotopic (exact) mass is 380 g/mol. The van der Waals surface area contributed by atoms with Gasteiger partial charge in [-0.05, 0) is 61.7 Å². The maximum absolute atomic E-state index is 12.9. The Kier molecular flexibility index (Phi) is 5.29. The van der Waals surface area contributed by atoms with Crippen molar-refractivity contribution in [3.05, 3.63) is 14.7 Å². The second-order valence-corrected chi connectivity index (χ2v) is 9.81. The van der Waals surface area contributed by atoms with Gasteiger partial charge in [-0.2, -0.15) is 4.31 Å². The molecule has 0 aromatic carbocycles. The standard InChI is InChI=1S/C13H21BrN2O2S2/c1-9(2)16(8-10-4-5-10)20(17,18)12-6-11(7-15-3)19-13(12)14/h6,9-10,15H,4-5,7-8H2,1-3H3. The predicted octanol–water partition coefficient (Wildman–Crippen LogP) is 3.04. The molecule has 0 atom stereocenters. The van der Waals surface area contributed by atoms with E-state index in [-0.39, 0.29) is 6.04 Å². The van der Waals surface area contributed by atoms with Crippen molar-refractivity contribution in [2.75, 3.05) is 13.6 Å². The fourth-order valence-corrected chi connectivity index (χ4v) is 6.46. The Morgan fingerprint density at radius 3 is 2.65 bits per heavy atom. The molecule has 1 saturated carbocycles. The number of thiophene rings is 1. The number of halogens is 1. The largest absolute Gasteiger partial charge is 0.315 e. The van der Waals surface area contributed by atoms with Crippen LogP contribution in [0.2, 0.25) is 0 Å². The highest BCUT2D eigenvalue weighted by molar-refractivity contribution is 9.11. The van der Waals surface area contributed by atoms with Crippen LogP contribution in [0.3, 0.4) is 0 Å². The lowest BCUT2D eigenvalue weighted by Crippen LogP contribution is -2.38. The van der Waals surface area contributed by atoms with Gasteiger partial charge >= 0.3 is 0 Å². The second kappa shape index (κ2) is 6.44. The smallest absolute Gasteiger partial charge is 0.245 e. The molecule has 1 aromatic rings. The highest BCUT2D eigenvalue weighted by Gasteiger charge is 2.35. The van der Waals surface area contributed by atoms with Gasteiger partial charge in [0.05, 0.1) is 3.79 Å². The first-order valence-electron chi connectivity index (χ1n) is 6.81. The van der Waals surface area contributed by atoms with Crippen molar-refractivity contribution in [2.45, 2.75) is 44.2 Å². The molecule has 1 heterocycles. The molecule has 0 saturated heterocycles. The van der Waals surface area contributed by atoms with E-state index in [1.54, 1.807) is 10.4 Å². The Bertz CT molecular complexity index is 565. The van der Waals surface area contributed by atoms with E-state index in [2.05, 4.69) is 21.2 Å². The van der Waals surface area contributed by atoms with Crippen LogP contribution in [-0.2, 0) is 16.6 Å². The van der Waals surface area contributed by atoms with Crippen LogP contribution < -0.4 is 5.32 Å². The minimum atomic E-state index is -3.41. The average molecular weight is 381 g/mol. The third-order valence-electron chi connectivity index (χ3n) is 3.36. The van der Waals surface area contributed by atoms with Gasteiger partial charge in [-0.15, -0.1) is 11.3 Å². The fourth-order valence-electron chi connectivity index (χ4n) is 2.10. The van der Waals surface area contributed by atoms with Gasteiger partial charge in [-0.25, -0.2) is 8.42 Å². The molecule has 2 rings (SSSR count). The quantitative estimate of drug-likeness (QED) is 0.790. The summed E-state index contributed by atoms with van der Waals surface area (Å²) in [4.78, 5) is 1.43. The summed E-state index contributed by atoms with van der Waals surface area (Å²) in [5.74, 6) is 0.543. The first-order chi connectivity index (χ1) is 9.36. The van der Waals surface area contributed by atoms with Crippen molar-refractivity contribution >= 4 is 37.3 Å². The molecule has 0 unspecified atom stereocenters. The molecule has 114 valence electrons. The zero-order valence-electron chi connectivity index (χ0n) is 12.0. The van der Waals surface area contributed by atoms with E-state index in [1.165, 1.54) is 11.3 Å². The SMILES string of the molecule is CNCc1cc(S(=O)(=O)N(CC2CC2)C(C)C)c(Br)s1. The zero-order chi connectivity index (χ0) is 14.9. The summed E-state index contributed by atoms with van der Waals surface area (Å²) in [5, 5.41) is 3.05. The van der Waals surface area contributed by atoms with Gasteiger partial charge in [0, 0.05) is 24.0 Å². The maximum Gasteiger partial charge on any atom is 0.245 e. The van der Waals surface area contributed by atoms with Gasteiger partial charge in [0.2, 0.25) is 10.0 Å². The molecule has 1 aliphatic carbocycles. The van der Waals surface area contributed by atoms with Crippen LogP contribution in [0.5, 0.6) is 0 Å². The minimum Gasteiger partial charge on any atom is -0.315 e. The number of hydrogen-bond acceptors (Lipinski definition) is 4. The molecule has 4 nitrogen and oxygen atoms in total. The molecule has 1 fully saturated rings. The lowest BCUT2D eigenvalue weighted by Gasteiger charge is -2.25. The Morgan fingerprint density at radius 1 is 1.50 bits per heavy atom. The van der Waals surface area contributed by atoms with Crippen molar-refractivity contribution in [3.8, 4) is 0 Å². The topological polar surface area (TPSA) is 49.4 Å². The van der Waals surface area contributed by atoms with Crippen LogP contribution in [0.1, 0.15) is 31.6 Å². The highest BCUT2D eigenvalue weighted by atomic mass is 79.9. The number of nitrogens with one attached hydrogen (secondary N) is 1. The van der Waals surface area contributed by atoms with Crippen LogP contribution in [0.25, 0.3) is 0 Å². The average Bonchev–Trinajstić information content (AvgIpc) is 3.09. The number of nitrogens with zero attached hydrogens (tertiary/aromatic N) is 1. The van der Waals surface area contributed by atoms with Gasteiger partial charge < -0.3 is 5.32 Å². The Hall–Kier alpha value is 0.0500. The maximum atomic E-state index is 12.9. The summed E-state index contributed by atoms with van der Waals surface area (Å²) >= 11 is 4.88. The predicted molar refractivity (Wildman–Crippen MR) is 86.5 cm³/mol. The third-order valence-corrected chi connectivity index (χ3v) is 7.65. The van der Waals surface area contributed by atoms with Crippen LogP contribution in [0.4, 0.5) is 0 Å². The van der Waals surface area contributed by atoms with Gasteiger partial charge in [0.1, 0.15) is 4.90 Å². The molecular formula is C13H21BrN2O2S2. The van der Waals surface area contributed by atoms with Gasteiger partial charge in [0.25, 0.3) is 0 Å². The summed E-state index contributed by atoms with van der Waals surface area (Å²) in [7, 11) is -1.56. The van der Waals surface area contributed by atoms with Crippen LogP contribution >= 0.6 is 27.3 Å². The number of rotatable bonds is 7. The Labute approximate surface area is 133 Å². The van der Waals surface area contributed by atoms with Crippen LogP contribution in [-0.4, -0.2) is 32.4 Å². The van der Waals surface area contributed by atoms with Crippen molar-refractivity contribution in [3.63, 3.8) is 0 Å². The lowest BCUT2D eigenvalue weighted by molar-refractivity contribution is 0.341. The van der Waals surface area contributed by atoms with Crippen LogP contribution in [0.15, 0.2) is 14.7 Å². The molecular weight excluding hydrogens is 360 g/mol. The number of sulfonamides is 1. The molecule has 1 aliphatic rings. The lowest BCUT2D eigenvalue weighted by atomic mass is 10.3. The third kappa shape index (κ3) is 3.62. The summed E-state index contributed by atoms with van der Waals surface area (Å²) < 4.78 is 28.1. The first kappa shape index (κ1) is 16.4. The van der Waals surface area contributed by atoms with Crippen molar-refractivity contribution < 1.29 is 8.42 Å². The van der Waals surface area contributed by atoms with Crippen LogP contribution in [0, 0.1) is 5.92 Å². The van der Waals surface area contributed by atoms with Crippen molar-refractivity contribution in [1.82, 2.24) is 9.62 Å². The Balaban J connectivity index is 2.31. The van der Waals surface area contributed by atoms with E-state index in [4.69, 9.17) is 0 Å². The minimum absolute atomic E-state index is 0.0137. The summed E-state index contributed by atoms with van der Waals surface area (Å²) in [6.45, 7) is 5.20. The first-order valence-corrected chi connectivity index (χ1v) is 9.86. The van der Waals surface area contributed by atoms with E-state index >= 15 is 0 Å². The normalized spacial score (nSPS) is 16.3. The summed E-state index contributed by atoms with van der Waals surface area (Å²) in [6.07, 6.45) is 2.29. The molecule has 1 N–H and O–H groups in total. The van der Waals surface area contributed by atoms with Crippen molar-refractivity contribution in [1.29, 1.82) is 0 Å². The highest BCUT2D eigenvalue weighted by Crippen LogP contribution is 2.37. The summed E-state index contributed by atoms with van der Waals surface area (Å²) in [6, 6.07) is 1.77. The fraction of sp³-hybridized carbons (Fsp3) is 0.692. The number of hydrogen-bond donors (Lipinski definition) is 1. The van der Waals surface area contributed by atoms with E-state index in [9.17, 15) is 8.42 Å². The molecule has 0 aliphatic heterocycles. The Morgan fingerprint density at radius 2 is 2.15 bits per heavy atom. The molecule has 0 amide bonds. The van der Waals surface area contributed by atoms with Crippen molar-refractivity contribution in [2.24, 2.45) is 5.92 Å². The second-order valence-electron chi connectivity index (χ2n) is 5.49. The molecule has 0 radical (unpaired) electrons. The molecule has 7 heteroatoms. The van der Waals surface area contributed by atoms with Gasteiger partial charge in [0.15, 0.2) is 0 Å². The van der Waals surface area contributed by atoms with Gasteiger partial charge in [-0.1, -0.05) is 0 Å².